The van der Waals surface area contributed by atoms with E-state index < -0.39 is 6.43 Å². The zero-order chi connectivity index (χ0) is 17.5. The first-order chi connectivity index (χ1) is 11.4. The van der Waals surface area contributed by atoms with Gasteiger partial charge in [0.2, 0.25) is 5.91 Å². The van der Waals surface area contributed by atoms with Crippen LogP contribution in [0.4, 0.5) is 8.78 Å². The van der Waals surface area contributed by atoms with Crippen LogP contribution in [0.3, 0.4) is 0 Å². The van der Waals surface area contributed by atoms with Crippen LogP contribution in [0.1, 0.15) is 19.3 Å². The molecule has 1 aliphatic heterocycles. The largest absolute Gasteiger partial charge is 0.493 e. The molecule has 0 aliphatic carbocycles. The van der Waals surface area contributed by atoms with E-state index in [1.54, 1.807) is 23.1 Å². The SMILES string of the molecule is O=C(CCOc1ccc(Cl)c(Cl)c1)NC1CCN(CC(F)F)CC1. The van der Waals surface area contributed by atoms with Gasteiger partial charge in [-0.1, -0.05) is 23.2 Å². The van der Waals surface area contributed by atoms with Crippen LogP contribution in [-0.4, -0.2) is 49.5 Å². The Labute approximate surface area is 150 Å². The second kappa shape index (κ2) is 9.39. The third-order valence-electron chi connectivity index (χ3n) is 3.84. The number of nitrogens with one attached hydrogen (secondary N) is 1. The molecule has 1 aromatic carbocycles. The number of rotatable bonds is 7. The monoisotopic (exact) mass is 380 g/mol. The van der Waals surface area contributed by atoms with Gasteiger partial charge < -0.3 is 10.1 Å². The van der Waals surface area contributed by atoms with Crippen molar-refractivity contribution in [2.45, 2.75) is 31.7 Å². The Bertz CT molecular complexity index is 553. The van der Waals surface area contributed by atoms with Crippen molar-refractivity contribution < 1.29 is 18.3 Å². The van der Waals surface area contributed by atoms with Crippen LogP contribution in [0.25, 0.3) is 0 Å². The van der Waals surface area contributed by atoms with Gasteiger partial charge in [-0.2, -0.15) is 0 Å². The number of amides is 1. The highest BCUT2D eigenvalue weighted by Gasteiger charge is 2.22. The molecule has 0 saturated carbocycles. The van der Waals surface area contributed by atoms with Crippen molar-refractivity contribution >= 4 is 29.1 Å². The smallest absolute Gasteiger partial charge is 0.251 e. The van der Waals surface area contributed by atoms with Gasteiger partial charge in [-0.3, -0.25) is 9.69 Å². The maximum absolute atomic E-state index is 12.3. The summed E-state index contributed by atoms with van der Waals surface area (Å²) in [5.41, 5.74) is 0. The number of carbonyl (C=O) groups is 1. The van der Waals surface area contributed by atoms with Gasteiger partial charge in [0.15, 0.2) is 0 Å². The zero-order valence-corrected chi connectivity index (χ0v) is 14.6. The fourth-order valence-electron chi connectivity index (χ4n) is 2.58. The predicted molar refractivity (Wildman–Crippen MR) is 90.2 cm³/mol. The van der Waals surface area contributed by atoms with Crippen molar-refractivity contribution in [1.29, 1.82) is 0 Å². The molecule has 1 aliphatic rings. The standard InChI is InChI=1S/C16H20Cl2F2N2O2/c17-13-2-1-12(9-14(13)18)24-8-5-16(23)21-11-3-6-22(7-4-11)10-15(19)20/h1-2,9,11,15H,3-8,10H2,(H,21,23). The zero-order valence-electron chi connectivity index (χ0n) is 13.1. The summed E-state index contributed by atoms with van der Waals surface area (Å²) in [5, 5.41) is 3.76. The summed E-state index contributed by atoms with van der Waals surface area (Å²) in [6, 6.07) is 4.95. The lowest BCUT2D eigenvalue weighted by Crippen LogP contribution is -2.45. The number of hydrogen-bond acceptors (Lipinski definition) is 3. The molecule has 24 heavy (non-hydrogen) atoms. The van der Waals surface area contributed by atoms with Crippen LogP contribution in [0, 0.1) is 0 Å². The number of piperidine rings is 1. The molecular weight excluding hydrogens is 361 g/mol. The minimum atomic E-state index is -2.31. The first-order valence-corrected chi connectivity index (χ1v) is 8.57. The van der Waals surface area contributed by atoms with Crippen LogP contribution < -0.4 is 10.1 Å². The van der Waals surface area contributed by atoms with E-state index in [0.29, 0.717) is 41.7 Å². The van der Waals surface area contributed by atoms with Crippen molar-refractivity contribution in [2.75, 3.05) is 26.2 Å². The van der Waals surface area contributed by atoms with Gasteiger partial charge in [0.05, 0.1) is 29.6 Å². The molecule has 1 heterocycles. The van der Waals surface area contributed by atoms with Gasteiger partial charge in [-0.25, -0.2) is 8.78 Å². The molecule has 134 valence electrons. The Morgan fingerprint density at radius 1 is 1.29 bits per heavy atom. The molecule has 2 rings (SSSR count). The van der Waals surface area contributed by atoms with Crippen molar-refractivity contribution in [2.24, 2.45) is 0 Å². The maximum atomic E-state index is 12.3. The summed E-state index contributed by atoms with van der Waals surface area (Å²) in [4.78, 5) is 13.6. The van der Waals surface area contributed by atoms with E-state index in [1.807, 2.05) is 0 Å². The average Bonchev–Trinajstić information content (AvgIpc) is 2.52. The number of alkyl halides is 2. The van der Waals surface area contributed by atoms with Crippen molar-refractivity contribution in [3.63, 3.8) is 0 Å². The maximum Gasteiger partial charge on any atom is 0.251 e. The summed E-state index contributed by atoms with van der Waals surface area (Å²) < 4.78 is 30.1. The highest BCUT2D eigenvalue weighted by molar-refractivity contribution is 6.42. The summed E-state index contributed by atoms with van der Waals surface area (Å²) in [5.74, 6) is 0.444. The van der Waals surface area contributed by atoms with E-state index in [9.17, 15) is 13.6 Å². The van der Waals surface area contributed by atoms with E-state index in [4.69, 9.17) is 27.9 Å². The third kappa shape index (κ3) is 6.42. The Balaban J connectivity index is 1.64. The summed E-state index contributed by atoms with van der Waals surface area (Å²) in [6.45, 7) is 1.19. The quantitative estimate of drug-likeness (QED) is 0.785. The molecule has 1 fully saturated rings. The number of halogens is 4. The molecule has 0 spiro atoms. The van der Waals surface area contributed by atoms with E-state index in [0.717, 1.165) is 0 Å². The molecule has 1 aromatic rings. The Kier molecular flexibility index (Phi) is 7.52. The third-order valence-corrected chi connectivity index (χ3v) is 4.58. The second-order valence-electron chi connectivity index (χ2n) is 5.71. The first kappa shape index (κ1) is 19.2. The average molecular weight is 381 g/mol. The summed E-state index contributed by atoms with van der Waals surface area (Å²) >= 11 is 11.7. The lowest BCUT2D eigenvalue weighted by molar-refractivity contribution is -0.122. The van der Waals surface area contributed by atoms with Crippen LogP contribution >= 0.6 is 23.2 Å². The number of benzene rings is 1. The van der Waals surface area contributed by atoms with E-state index in [-0.39, 0.29) is 31.5 Å². The molecule has 0 atom stereocenters. The lowest BCUT2D eigenvalue weighted by atomic mass is 10.0. The molecule has 1 N–H and O–H groups in total. The minimum Gasteiger partial charge on any atom is -0.493 e. The molecular formula is C16H20Cl2F2N2O2. The second-order valence-corrected chi connectivity index (χ2v) is 6.52. The summed E-state index contributed by atoms with van der Waals surface area (Å²) in [7, 11) is 0. The van der Waals surface area contributed by atoms with E-state index in [2.05, 4.69) is 5.32 Å². The van der Waals surface area contributed by atoms with E-state index >= 15 is 0 Å². The van der Waals surface area contributed by atoms with Gasteiger partial charge >= 0.3 is 0 Å². The predicted octanol–water partition coefficient (Wildman–Crippen LogP) is 3.61. The van der Waals surface area contributed by atoms with E-state index in [1.165, 1.54) is 0 Å². The fraction of sp³-hybridized carbons (Fsp3) is 0.562. The number of ether oxygens (including phenoxy) is 1. The van der Waals surface area contributed by atoms with Crippen LogP contribution in [0.15, 0.2) is 18.2 Å². The fourth-order valence-corrected chi connectivity index (χ4v) is 2.87. The molecule has 0 unspecified atom stereocenters. The van der Waals surface area contributed by atoms with Gasteiger partial charge in [-0.05, 0) is 25.0 Å². The Morgan fingerprint density at radius 3 is 2.62 bits per heavy atom. The molecule has 0 bridgehead atoms. The molecule has 1 saturated heterocycles. The Morgan fingerprint density at radius 2 is 2.00 bits per heavy atom. The van der Waals surface area contributed by atoms with Crippen molar-refractivity contribution in [1.82, 2.24) is 10.2 Å². The van der Waals surface area contributed by atoms with Gasteiger partial charge in [0.1, 0.15) is 5.75 Å². The molecule has 1 amide bonds. The topological polar surface area (TPSA) is 41.6 Å². The number of carbonyl (C=O) groups excluding carboxylic acids is 1. The highest BCUT2D eigenvalue weighted by atomic mass is 35.5. The molecule has 4 nitrogen and oxygen atoms in total. The Hall–Kier alpha value is -1.11. The van der Waals surface area contributed by atoms with Crippen LogP contribution in [-0.2, 0) is 4.79 Å². The summed E-state index contributed by atoms with van der Waals surface area (Å²) in [6.07, 6.45) is -0.718. The lowest BCUT2D eigenvalue weighted by Gasteiger charge is -2.32. The van der Waals surface area contributed by atoms with Crippen LogP contribution in [0.5, 0.6) is 5.75 Å². The van der Waals surface area contributed by atoms with Crippen molar-refractivity contribution in [3.8, 4) is 5.75 Å². The highest BCUT2D eigenvalue weighted by Crippen LogP contribution is 2.26. The van der Waals surface area contributed by atoms with Crippen molar-refractivity contribution in [3.05, 3.63) is 28.2 Å². The minimum absolute atomic E-state index is 0.0383. The molecule has 0 aromatic heterocycles. The van der Waals surface area contributed by atoms with Gasteiger partial charge in [0, 0.05) is 25.2 Å². The number of nitrogens with zero attached hydrogens (tertiary/aromatic N) is 1. The first-order valence-electron chi connectivity index (χ1n) is 7.82. The molecule has 8 heteroatoms. The number of likely N-dealkylation sites (tertiary alicyclic amines) is 1. The normalized spacial score (nSPS) is 16.4. The van der Waals surface area contributed by atoms with Gasteiger partial charge in [-0.15, -0.1) is 0 Å². The molecule has 0 radical (unpaired) electrons. The number of hydrogen-bond donors (Lipinski definition) is 1. The van der Waals surface area contributed by atoms with Crippen LogP contribution in [0.2, 0.25) is 10.0 Å². The van der Waals surface area contributed by atoms with Gasteiger partial charge in [0.25, 0.3) is 6.43 Å².